The van der Waals surface area contributed by atoms with E-state index in [1.807, 2.05) is 0 Å². The van der Waals surface area contributed by atoms with Crippen LogP contribution in [0.2, 0.25) is 0 Å². The maximum absolute atomic E-state index is 3.56. The second kappa shape index (κ2) is 4.99. The molecule has 1 N–H and O–H groups in total. The third kappa shape index (κ3) is 2.52. The van der Waals surface area contributed by atoms with Gasteiger partial charge in [-0.1, -0.05) is 6.92 Å². The molecule has 1 fully saturated rings. The Morgan fingerprint density at radius 3 is 3.07 bits per heavy atom. The van der Waals surface area contributed by atoms with Gasteiger partial charge in [0.1, 0.15) is 0 Å². The number of piperidine rings is 1. The quantitative estimate of drug-likeness (QED) is 0.849. The number of thiophene rings is 1. The summed E-state index contributed by atoms with van der Waals surface area (Å²) in [4.78, 5) is 2.53. The van der Waals surface area contributed by atoms with Gasteiger partial charge in [0.15, 0.2) is 0 Å². The number of anilines is 1. The summed E-state index contributed by atoms with van der Waals surface area (Å²) in [6.07, 6.45) is 2.54. The van der Waals surface area contributed by atoms with Crippen molar-refractivity contribution in [3.63, 3.8) is 0 Å². The van der Waals surface area contributed by atoms with Crippen LogP contribution in [-0.2, 0) is 0 Å². The van der Waals surface area contributed by atoms with E-state index < -0.39 is 0 Å². The lowest BCUT2D eigenvalue weighted by atomic mass is 9.98. The van der Waals surface area contributed by atoms with Gasteiger partial charge in [-0.3, -0.25) is 0 Å². The lowest BCUT2D eigenvalue weighted by Gasteiger charge is -2.39. The molecular weight excluding hydrogens is 204 g/mol. The SMILES string of the molecule is CCNC1CCN(c2ccsc2)C(C)C1. The molecule has 1 aliphatic rings. The summed E-state index contributed by atoms with van der Waals surface area (Å²) in [5.74, 6) is 0. The first-order valence-electron chi connectivity index (χ1n) is 5.83. The van der Waals surface area contributed by atoms with Crippen LogP contribution in [0.1, 0.15) is 26.7 Å². The molecule has 0 aromatic carbocycles. The first-order valence-corrected chi connectivity index (χ1v) is 6.77. The molecule has 1 aromatic rings. The van der Waals surface area contributed by atoms with Gasteiger partial charge in [0.25, 0.3) is 0 Å². The summed E-state index contributed by atoms with van der Waals surface area (Å²) in [6, 6.07) is 3.62. The van der Waals surface area contributed by atoms with Gasteiger partial charge in [0.2, 0.25) is 0 Å². The van der Waals surface area contributed by atoms with E-state index in [9.17, 15) is 0 Å². The molecule has 15 heavy (non-hydrogen) atoms. The van der Waals surface area contributed by atoms with Gasteiger partial charge in [-0.15, -0.1) is 0 Å². The van der Waals surface area contributed by atoms with Crippen LogP contribution in [-0.4, -0.2) is 25.2 Å². The molecule has 2 rings (SSSR count). The molecule has 84 valence electrons. The molecule has 2 nitrogen and oxygen atoms in total. The second-order valence-electron chi connectivity index (χ2n) is 4.30. The van der Waals surface area contributed by atoms with Crippen LogP contribution >= 0.6 is 11.3 Å². The summed E-state index contributed by atoms with van der Waals surface area (Å²) in [5.41, 5.74) is 1.41. The normalized spacial score (nSPS) is 26.9. The summed E-state index contributed by atoms with van der Waals surface area (Å²) in [5, 5.41) is 7.98. The fourth-order valence-corrected chi connectivity index (χ4v) is 3.10. The van der Waals surface area contributed by atoms with E-state index in [1.54, 1.807) is 11.3 Å². The molecule has 0 amide bonds. The highest BCUT2D eigenvalue weighted by atomic mass is 32.1. The summed E-state index contributed by atoms with van der Waals surface area (Å²) in [6.45, 7) is 6.81. The van der Waals surface area contributed by atoms with Crippen LogP contribution in [0.4, 0.5) is 5.69 Å². The average molecular weight is 224 g/mol. The number of nitrogens with one attached hydrogen (secondary N) is 1. The molecule has 0 spiro atoms. The van der Waals surface area contributed by atoms with E-state index in [0.29, 0.717) is 6.04 Å². The third-order valence-electron chi connectivity index (χ3n) is 3.21. The Balaban J connectivity index is 1.95. The van der Waals surface area contributed by atoms with E-state index >= 15 is 0 Å². The monoisotopic (exact) mass is 224 g/mol. The molecule has 2 heterocycles. The summed E-state index contributed by atoms with van der Waals surface area (Å²) in [7, 11) is 0. The Labute approximate surface area is 96.3 Å². The smallest absolute Gasteiger partial charge is 0.0477 e. The Hall–Kier alpha value is -0.540. The zero-order valence-electron chi connectivity index (χ0n) is 9.57. The van der Waals surface area contributed by atoms with E-state index in [4.69, 9.17) is 0 Å². The van der Waals surface area contributed by atoms with Crippen molar-refractivity contribution in [2.45, 2.75) is 38.8 Å². The van der Waals surface area contributed by atoms with Crippen LogP contribution in [0.3, 0.4) is 0 Å². The van der Waals surface area contributed by atoms with Gasteiger partial charge >= 0.3 is 0 Å². The van der Waals surface area contributed by atoms with Crippen LogP contribution in [0.5, 0.6) is 0 Å². The van der Waals surface area contributed by atoms with Gasteiger partial charge in [-0.05, 0) is 37.8 Å². The molecule has 1 aliphatic heterocycles. The van der Waals surface area contributed by atoms with Crippen molar-refractivity contribution < 1.29 is 0 Å². The Morgan fingerprint density at radius 1 is 1.60 bits per heavy atom. The number of rotatable bonds is 3. The van der Waals surface area contributed by atoms with Crippen LogP contribution < -0.4 is 10.2 Å². The highest BCUT2D eigenvalue weighted by molar-refractivity contribution is 7.08. The first kappa shape index (κ1) is 11.0. The topological polar surface area (TPSA) is 15.3 Å². The summed E-state index contributed by atoms with van der Waals surface area (Å²) >= 11 is 1.79. The minimum atomic E-state index is 0.664. The average Bonchev–Trinajstić information content (AvgIpc) is 2.71. The predicted octanol–water partition coefficient (Wildman–Crippen LogP) is 2.71. The second-order valence-corrected chi connectivity index (χ2v) is 5.08. The molecule has 0 saturated carbocycles. The molecule has 3 heteroatoms. The number of hydrogen-bond donors (Lipinski definition) is 1. The van der Waals surface area contributed by atoms with Crippen molar-refractivity contribution in [2.75, 3.05) is 18.0 Å². The van der Waals surface area contributed by atoms with Crippen molar-refractivity contribution in [3.05, 3.63) is 16.8 Å². The Morgan fingerprint density at radius 2 is 2.47 bits per heavy atom. The fraction of sp³-hybridized carbons (Fsp3) is 0.667. The van der Waals surface area contributed by atoms with E-state index in [2.05, 4.69) is 40.9 Å². The zero-order valence-corrected chi connectivity index (χ0v) is 10.4. The van der Waals surface area contributed by atoms with Gasteiger partial charge < -0.3 is 10.2 Å². The Bertz CT molecular complexity index is 284. The minimum Gasteiger partial charge on any atom is -0.368 e. The number of hydrogen-bond acceptors (Lipinski definition) is 3. The maximum atomic E-state index is 3.56. The van der Waals surface area contributed by atoms with Gasteiger partial charge in [-0.25, -0.2) is 0 Å². The highest BCUT2D eigenvalue weighted by Gasteiger charge is 2.24. The predicted molar refractivity (Wildman–Crippen MR) is 67.8 cm³/mol. The van der Waals surface area contributed by atoms with Crippen molar-refractivity contribution in [2.24, 2.45) is 0 Å². The van der Waals surface area contributed by atoms with E-state index in [-0.39, 0.29) is 0 Å². The molecule has 2 unspecified atom stereocenters. The molecule has 1 aromatic heterocycles. The molecular formula is C12H20N2S. The van der Waals surface area contributed by atoms with Crippen LogP contribution in [0, 0.1) is 0 Å². The number of nitrogens with zero attached hydrogens (tertiary/aromatic N) is 1. The molecule has 2 atom stereocenters. The maximum Gasteiger partial charge on any atom is 0.0477 e. The van der Waals surface area contributed by atoms with E-state index in [1.165, 1.54) is 25.1 Å². The molecule has 1 saturated heterocycles. The van der Waals surface area contributed by atoms with Crippen molar-refractivity contribution in [1.82, 2.24) is 5.32 Å². The van der Waals surface area contributed by atoms with Gasteiger partial charge in [0, 0.05) is 29.7 Å². The lowest BCUT2D eigenvalue weighted by Crippen LogP contribution is -2.47. The van der Waals surface area contributed by atoms with Crippen molar-refractivity contribution >= 4 is 17.0 Å². The zero-order chi connectivity index (χ0) is 10.7. The van der Waals surface area contributed by atoms with Gasteiger partial charge in [0.05, 0.1) is 0 Å². The van der Waals surface area contributed by atoms with Crippen LogP contribution in [0.25, 0.3) is 0 Å². The lowest BCUT2D eigenvalue weighted by molar-refractivity contribution is 0.374. The minimum absolute atomic E-state index is 0.664. The molecule has 0 aliphatic carbocycles. The molecule has 0 bridgehead atoms. The Kier molecular flexibility index (Phi) is 3.65. The molecule has 0 radical (unpaired) electrons. The fourth-order valence-electron chi connectivity index (χ4n) is 2.45. The van der Waals surface area contributed by atoms with Crippen LogP contribution in [0.15, 0.2) is 16.8 Å². The first-order chi connectivity index (χ1) is 7.31. The standard InChI is InChI=1S/C12H20N2S/c1-3-13-11-4-6-14(10(2)8-11)12-5-7-15-9-12/h5,7,9-11,13H,3-4,6,8H2,1-2H3. The van der Waals surface area contributed by atoms with E-state index in [0.717, 1.165) is 12.6 Å². The van der Waals surface area contributed by atoms with Gasteiger partial charge in [-0.2, -0.15) is 11.3 Å². The van der Waals surface area contributed by atoms with Crippen molar-refractivity contribution in [1.29, 1.82) is 0 Å². The highest BCUT2D eigenvalue weighted by Crippen LogP contribution is 2.26. The third-order valence-corrected chi connectivity index (χ3v) is 3.88. The largest absolute Gasteiger partial charge is 0.368 e. The van der Waals surface area contributed by atoms with Crippen molar-refractivity contribution in [3.8, 4) is 0 Å². The summed E-state index contributed by atoms with van der Waals surface area (Å²) < 4.78 is 0.